The summed E-state index contributed by atoms with van der Waals surface area (Å²) in [6.45, 7) is 5.14. The molecule has 0 atom stereocenters. The van der Waals surface area contributed by atoms with Crippen LogP contribution in [-0.2, 0) is 6.54 Å². The molecule has 0 spiro atoms. The second kappa shape index (κ2) is 8.18. The molecular weight excluding hydrogens is 334 g/mol. The fourth-order valence-electron chi connectivity index (χ4n) is 3.31. The number of aromatic nitrogens is 2. The fraction of sp³-hybridized carbons (Fsp3) is 0.273. The number of benzene rings is 2. The lowest BCUT2D eigenvalue weighted by Crippen LogP contribution is -2.44. The van der Waals surface area contributed by atoms with Crippen LogP contribution in [0.15, 0.2) is 67.0 Å². The highest BCUT2D eigenvalue weighted by Gasteiger charge is 2.14. The molecule has 5 nitrogen and oxygen atoms in total. The first-order valence-electron chi connectivity index (χ1n) is 9.42. The Hall–Kier alpha value is -2.92. The Morgan fingerprint density at radius 1 is 0.889 bits per heavy atom. The Kier molecular flexibility index (Phi) is 5.30. The molecule has 27 heavy (non-hydrogen) atoms. The van der Waals surface area contributed by atoms with Gasteiger partial charge >= 0.3 is 0 Å². The first-order chi connectivity index (χ1) is 13.3. The summed E-state index contributed by atoms with van der Waals surface area (Å²) in [7, 11) is 2.18. The lowest BCUT2D eigenvalue weighted by Gasteiger charge is -2.34. The maximum atomic E-state index is 4.45. The molecule has 1 aliphatic rings. The van der Waals surface area contributed by atoms with Gasteiger partial charge in [0.15, 0.2) is 0 Å². The van der Waals surface area contributed by atoms with Gasteiger partial charge < -0.3 is 15.1 Å². The number of rotatable bonds is 5. The standard InChI is InChI=1S/C22H25N5/c1-26-11-13-27(14-12-26)20-9-7-19(8-10-20)21-15-22(25-17-24-21)23-16-18-5-3-2-4-6-18/h2-10,15,17H,11-14,16H2,1H3,(H,23,24,25). The molecule has 1 aromatic heterocycles. The molecule has 0 saturated carbocycles. The van der Waals surface area contributed by atoms with E-state index in [2.05, 4.69) is 68.5 Å². The van der Waals surface area contributed by atoms with Crippen LogP contribution in [0.2, 0.25) is 0 Å². The molecule has 2 heterocycles. The van der Waals surface area contributed by atoms with Gasteiger partial charge in [-0.3, -0.25) is 0 Å². The summed E-state index contributed by atoms with van der Waals surface area (Å²) < 4.78 is 0. The number of likely N-dealkylation sites (N-methyl/N-ethyl adjacent to an activating group) is 1. The van der Waals surface area contributed by atoms with E-state index in [1.54, 1.807) is 6.33 Å². The number of piperazine rings is 1. The maximum absolute atomic E-state index is 4.45. The average molecular weight is 359 g/mol. The van der Waals surface area contributed by atoms with Crippen LogP contribution in [0.3, 0.4) is 0 Å². The minimum atomic E-state index is 0.750. The molecule has 1 saturated heterocycles. The molecule has 0 unspecified atom stereocenters. The summed E-state index contributed by atoms with van der Waals surface area (Å²) >= 11 is 0. The number of hydrogen-bond acceptors (Lipinski definition) is 5. The van der Waals surface area contributed by atoms with Gasteiger partial charge in [-0.05, 0) is 24.7 Å². The molecule has 3 aromatic rings. The average Bonchev–Trinajstić information content (AvgIpc) is 2.74. The van der Waals surface area contributed by atoms with Crippen LogP contribution in [0, 0.1) is 0 Å². The zero-order valence-corrected chi connectivity index (χ0v) is 15.7. The summed E-state index contributed by atoms with van der Waals surface area (Å²) in [6, 6.07) is 21.0. The van der Waals surface area contributed by atoms with Crippen LogP contribution >= 0.6 is 0 Å². The summed E-state index contributed by atoms with van der Waals surface area (Å²) in [5, 5.41) is 3.37. The van der Waals surface area contributed by atoms with E-state index in [0.717, 1.165) is 49.8 Å². The van der Waals surface area contributed by atoms with E-state index in [0.29, 0.717) is 0 Å². The Morgan fingerprint density at radius 3 is 2.37 bits per heavy atom. The minimum absolute atomic E-state index is 0.750. The van der Waals surface area contributed by atoms with Crippen molar-refractivity contribution in [2.24, 2.45) is 0 Å². The number of nitrogens with zero attached hydrogens (tertiary/aromatic N) is 4. The predicted octanol–water partition coefficient (Wildman–Crippen LogP) is 3.51. The van der Waals surface area contributed by atoms with Gasteiger partial charge in [0.2, 0.25) is 0 Å². The van der Waals surface area contributed by atoms with Crippen molar-refractivity contribution in [3.8, 4) is 11.3 Å². The monoisotopic (exact) mass is 359 g/mol. The third kappa shape index (κ3) is 4.44. The minimum Gasteiger partial charge on any atom is -0.369 e. The second-order valence-electron chi connectivity index (χ2n) is 6.96. The van der Waals surface area contributed by atoms with Gasteiger partial charge in [0, 0.05) is 50.0 Å². The van der Waals surface area contributed by atoms with Crippen LogP contribution in [0.25, 0.3) is 11.3 Å². The van der Waals surface area contributed by atoms with Crippen LogP contribution in [0.5, 0.6) is 0 Å². The number of hydrogen-bond donors (Lipinski definition) is 1. The molecule has 1 aliphatic heterocycles. The number of nitrogens with one attached hydrogen (secondary N) is 1. The Labute approximate surface area is 160 Å². The molecule has 1 N–H and O–H groups in total. The predicted molar refractivity (Wildman–Crippen MR) is 111 cm³/mol. The smallest absolute Gasteiger partial charge is 0.130 e. The Balaban J connectivity index is 1.44. The molecule has 4 rings (SSSR count). The van der Waals surface area contributed by atoms with Crippen LogP contribution < -0.4 is 10.2 Å². The van der Waals surface area contributed by atoms with Gasteiger partial charge in [0.25, 0.3) is 0 Å². The van der Waals surface area contributed by atoms with Crippen molar-refractivity contribution in [3.05, 3.63) is 72.6 Å². The van der Waals surface area contributed by atoms with E-state index in [1.165, 1.54) is 11.3 Å². The second-order valence-corrected chi connectivity index (χ2v) is 6.96. The van der Waals surface area contributed by atoms with Gasteiger partial charge in [0.1, 0.15) is 12.1 Å². The van der Waals surface area contributed by atoms with Gasteiger partial charge in [-0.2, -0.15) is 0 Å². The third-order valence-electron chi connectivity index (χ3n) is 5.02. The Morgan fingerprint density at radius 2 is 1.63 bits per heavy atom. The van der Waals surface area contributed by atoms with Crippen molar-refractivity contribution < 1.29 is 0 Å². The molecule has 138 valence electrons. The summed E-state index contributed by atoms with van der Waals surface area (Å²) in [4.78, 5) is 13.6. The highest BCUT2D eigenvalue weighted by Crippen LogP contribution is 2.23. The molecular formula is C22H25N5. The molecule has 0 amide bonds. The molecule has 1 fully saturated rings. The largest absolute Gasteiger partial charge is 0.369 e. The van der Waals surface area contributed by atoms with Crippen molar-refractivity contribution in [1.82, 2.24) is 14.9 Å². The van der Waals surface area contributed by atoms with Crippen LogP contribution in [-0.4, -0.2) is 48.1 Å². The summed E-state index contributed by atoms with van der Waals surface area (Å²) in [6.07, 6.45) is 1.62. The van der Waals surface area contributed by atoms with E-state index in [9.17, 15) is 0 Å². The highest BCUT2D eigenvalue weighted by molar-refractivity contribution is 5.65. The van der Waals surface area contributed by atoms with Crippen molar-refractivity contribution in [2.75, 3.05) is 43.4 Å². The van der Waals surface area contributed by atoms with Crippen molar-refractivity contribution in [2.45, 2.75) is 6.54 Å². The van der Waals surface area contributed by atoms with E-state index < -0.39 is 0 Å². The molecule has 0 aliphatic carbocycles. The molecule has 2 aromatic carbocycles. The van der Waals surface area contributed by atoms with Gasteiger partial charge in [-0.25, -0.2) is 9.97 Å². The van der Waals surface area contributed by atoms with Crippen molar-refractivity contribution >= 4 is 11.5 Å². The first-order valence-corrected chi connectivity index (χ1v) is 9.42. The number of anilines is 2. The maximum Gasteiger partial charge on any atom is 0.130 e. The van der Waals surface area contributed by atoms with E-state index >= 15 is 0 Å². The molecule has 5 heteroatoms. The fourth-order valence-corrected chi connectivity index (χ4v) is 3.31. The SMILES string of the molecule is CN1CCN(c2ccc(-c3cc(NCc4ccccc4)ncn3)cc2)CC1. The zero-order valence-electron chi connectivity index (χ0n) is 15.7. The van der Waals surface area contributed by atoms with Crippen LogP contribution in [0.1, 0.15) is 5.56 Å². The normalized spacial score (nSPS) is 14.9. The molecule has 0 bridgehead atoms. The van der Waals surface area contributed by atoms with Gasteiger partial charge in [-0.1, -0.05) is 42.5 Å². The lowest BCUT2D eigenvalue weighted by atomic mass is 10.1. The lowest BCUT2D eigenvalue weighted by molar-refractivity contribution is 0.313. The van der Waals surface area contributed by atoms with E-state index in [-0.39, 0.29) is 0 Å². The quantitative estimate of drug-likeness (QED) is 0.755. The summed E-state index contributed by atoms with van der Waals surface area (Å²) in [5.41, 5.74) is 4.56. The summed E-state index contributed by atoms with van der Waals surface area (Å²) in [5.74, 6) is 0.840. The van der Waals surface area contributed by atoms with Crippen LogP contribution in [0.4, 0.5) is 11.5 Å². The van der Waals surface area contributed by atoms with E-state index in [4.69, 9.17) is 0 Å². The van der Waals surface area contributed by atoms with Crippen molar-refractivity contribution in [1.29, 1.82) is 0 Å². The van der Waals surface area contributed by atoms with E-state index in [1.807, 2.05) is 24.3 Å². The zero-order chi connectivity index (χ0) is 18.5. The topological polar surface area (TPSA) is 44.3 Å². The van der Waals surface area contributed by atoms with Gasteiger partial charge in [-0.15, -0.1) is 0 Å². The molecule has 0 radical (unpaired) electrons. The van der Waals surface area contributed by atoms with Crippen molar-refractivity contribution in [3.63, 3.8) is 0 Å². The van der Waals surface area contributed by atoms with Gasteiger partial charge in [0.05, 0.1) is 5.69 Å². The first kappa shape index (κ1) is 17.5. The Bertz CT molecular complexity index is 855. The third-order valence-corrected chi connectivity index (χ3v) is 5.02. The highest BCUT2D eigenvalue weighted by atomic mass is 15.2.